The van der Waals surface area contributed by atoms with Gasteiger partial charge in [-0.2, -0.15) is 0 Å². The largest absolute Gasteiger partial charge is 0.502 e. The number of carboxylic acids is 1. The van der Waals surface area contributed by atoms with Crippen LogP contribution in [0.1, 0.15) is 6.92 Å². The molecule has 6 heteroatoms. The monoisotopic (exact) mass is 324 g/mol. The molecule has 0 saturated heterocycles. The second-order valence-corrected chi connectivity index (χ2v) is 5.32. The average molecular weight is 324 g/mol. The zero-order valence-corrected chi connectivity index (χ0v) is 13.0. The SMILES string of the molecule is CCn1c2ccccc2c2cc(NC(=O)/C=C(\O)C(=O)O)ccc21. The third-order valence-corrected chi connectivity index (χ3v) is 3.84. The summed E-state index contributed by atoms with van der Waals surface area (Å²) in [6.07, 6.45) is 0.641. The molecular formula is C18H16N2O4. The van der Waals surface area contributed by atoms with E-state index >= 15 is 0 Å². The van der Waals surface area contributed by atoms with Gasteiger partial charge in [0.25, 0.3) is 5.91 Å². The molecule has 24 heavy (non-hydrogen) atoms. The van der Waals surface area contributed by atoms with E-state index in [9.17, 15) is 9.59 Å². The number of carbonyl (C=O) groups is 2. The van der Waals surface area contributed by atoms with E-state index in [1.807, 2.05) is 36.4 Å². The first-order chi connectivity index (χ1) is 11.5. The number of nitrogens with zero attached hydrogens (tertiary/aromatic N) is 1. The molecule has 122 valence electrons. The second kappa shape index (κ2) is 6.08. The number of para-hydroxylation sites is 1. The van der Waals surface area contributed by atoms with Gasteiger partial charge < -0.3 is 20.1 Å². The molecule has 0 unspecified atom stereocenters. The van der Waals surface area contributed by atoms with Gasteiger partial charge in [-0.05, 0) is 31.2 Å². The summed E-state index contributed by atoms with van der Waals surface area (Å²) in [4.78, 5) is 22.3. The fourth-order valence-corrected chi connectivity index (χ4v) is 2.84. The fourth-order valence-electron chi connectivity index (χ4n) is 2.84. The Kier molecular flexibility index (Phi) is 3.95. The number of amides is 1. The maximum Gasteiger partial charge on any atom is 0.371 e. The molecular weight excluding hydrogens is 308 g/mol. The van der Waals surface area contributed by atoms with Gasteiger partial charge >= 0.3 is 5.97 Å². The first kappa shape index (κ1) is 15.6. The number of hydrogen-bond donors (Lipinski definition) is 3. The molecule has 6 nitrogen and oxygen atoms in total. The molecule has 0 atom stereocenters. The van der Waals surface area contributed by atoms with Crippen LogP contribution in [-0.2, 0) is 16.1 Å². The van der Waals surface area contributed by atoms with Crippen LogP contribution in [0.3, 0.4) is 0 Å². The lowest BCUT2D eigenvalue weighted by Gasteiger charge is -2.05. The predicted molar refractivity (Wildman–Crippen MR) is 92.1 cm³/mol. The number of carboxylic acid groups (broad SMARTS) is 1. The highest BCUT2D eigenvalue weighted by Gasteiger charge is 2.11. The van der Waals surface area contributed by atoms with Gasteiger partial charge in [0.05, 0.1) is 6.08 Å². The molecule has 0 aliphatic carbocycles. The molecule has 0 saturated carbocycles. The number of aromatic nitrogens is 1. The number of aliphatic hydroxyl groups excluding tert-OH is 1. The van der Waals surface area contributed by atoms with Crippen molar-refractivity contribution in [2.24, 2.45) is 0 Å². The Morgan fingerprint density at radius 3 is 2.50 bits per heavy atom. The molecule has 1 amide bonds. The summed E-state index contributed by atoms with van der Waals surface area (Å²) in [6, 6.07) is 13.5. The third kappa shape index (κ3) is 2.69. The summed E-state index contributed by atoms with van der Waals surface area (Å²) in [6.45, 7) is 2.89. The fraction of sp³-hybridized carbons (Fsp3) is 0.111. The van der Waals surface area contributed by atoms with E-state index in [4.69, 9.17) is 10.2 Å². The van der Waals surface area contributed by atoms with Crippen molar-refractivity contribution in [1.29, 1.82) is 0 Å². The van der Waals surface area contributed by atoms with E-state index in [0.29, 0.717) is 11.8 Å². The number of aliphatic carboxylic acids is 1. The van der Waals surface area contributed by atoms with Gasteiger partial charge in [-0.15, -0.1) is 0 Å². The maximum atomic E-state index is 11.8. The van der Waals surface area contributed by atoms with E-state index in [1.165, 1.54) is 0 Å². The van der Waals surface area contributed by atoms with Gasteiger partial charge in [0.1, 0.15) is 0 Å². The standard InChI is InChI=1S/C18H16N2O4/c1-2-20-14-6-4-3-5-12(14)13-9-11(7-8-15(13)20)19-17(22)10-16(21)18(23)24/h3-10,21H,2H2,1H3,(H,19,22)(H,23,24)/b16-10-. The Labute approximate surface area is 137 Å². The minimum absolute atomic E-state index is 0.529. The Bertz CT molecular complexity index is 985. The van der Waals surface area contributed by atoms with Crippen LogP contribution in [0.5, 0.6) is 0 Å². The molecule has 0 aliphatic rings. The van der Waals surface area contributed by atoms with E-state index < -0.39 is 17.6 Å². The molecule has 3 rings (SSSR count). The first-order valence-electron chi connectivity index (χ1n) is 7.47. The van der Waals surface area contributed by atoms with Crippen LogP contribution in [0.4, 0.5) is 5.69 Å². The molecule has 3 aromatic rings. The van der Waals surface area contributed by atoms with Crippen molar-refractivity contribution in [2.75, 3.05) is 5.32 Å². The van der Waals surface area contributed by atoms with Crippen molar-refractivity contribution in [3.8, 4) is 0 Å². The molecule has 1 aromatic heterocycles. The molecule has 1 heterocycles. The molecule has 0 fully saturated rings. The summed E-state index contributed by atoms with van der Waals surface area (Å²) in [5, 5.41) is 22.3. The summed E-state index contributed by atoms with van der Waals surface area (Å²) in [7, 11) is 0. The number of aryl methyl sites for hydroxylation is 1. The molecule has 0 radical (unpaired) electrons. The van der Waals surface area contributed by atoms with Crippen LogP contribution in [0.2, 0.25) is 0 Å². The van der Waals surface area contributed by atoms with Crippen molar-refractivity contribution < 1.29 is 19.8 Å². The van der Waals surface area contributed by atoms with Crippen molar-refractivity contribution in [3.05, 3.63) is 54.3 Å². The van der Waals surface area contributed by atoms with Gasteiger partial charge in [-0.25, -0.2) is 4.79 Å². The Balaban J connectivity index is 2.03. The minimum Gasteiger partial charge on any atom is -0.502 e. The van der Waals surface area contributed by atoms with Gasteiger partial charge in [0.15, 0.2) is 0 Å². The summed E-state index contributed by atoms with van der Waals surface area (Å²) >= 11 is 0. The zero-order valence-electron chi connectivity index (χ0n) is 13.0. The number of aliphatic hydroxyl groups is 1. The number of carbonyl (C=O) groups excluding carboxylic acids is 1. The number of benzene rings is 2. The van der Waals surface area contributed by atoms with Gasteiger partial charge in [0, 0.05) is 34.0 Å². The van der Waals surface area contributed by atoms with Crippen LogP contribution >= 0.6 is 0 Å². The Hall–Kier alpha value is -3.28. The van der Waals surface area contributed by atoms with Crippen molar-refractivity contribution >= 4 is 39.4 Å². The maximum absolute atomic E-state index is 11.8. The number of hydrogen-bond acceptors (Lipinski definition) is 3. The molecule has 0 aliphatic heterocycles. The average Bonchev–Trinajstić information content (AvgIpc) is 2.87. The second-order valence-electron chi connectivity index (χ2n) is 5.32. The highest BCUT2D eigenvalue weighted by atomic mass is 16.4. The summed E-state index contributed by atoms with van der Waals surface area (Å²) < 4.78 is 2.19. The highest BCUT2D eigenvalue weighted by Crippen LogP contribution is 2.30. The lowest BCUT2D eigenvalue weighted by atomic mass is 10.1. The zero-order chi connectivity index (χ0) is 17.3. The third-order valence-electron chi connectivity index (χ3n) is 3.84. The number of nitrogens with one attached hydrogen (secondary N) is 1. The van der Waals surface area contributed by atoms with Gasteiger partial charge in [-0.1, -0.05) is 18.2 Å². The lowest BCUT2D eigenvalue weighted by Crippen LogP contribution is -2.11. The van der Waals surface area contributed by atoms with Crippen molar-refractivity contribution in [3.63, 3.8) is 0 Å². The topological polar surface area (TPSA) is 91.6 Å². The molecule has 3 N–H and O–H groups in total. The number of anilines is 1. The first-order valence-corrected chi connectivity index (χ1v) is 7.47. The Morgan fingerprint density at radius 1 is 1.08 bits per heavy atom. The van der Waals surface area contributed by atoms with Crippen LogP contribution < -0.4 is 5.32 Å². The number of fused-ring (bicyclic) bond motifs is 3. The van der Waals surface area contributed by atoms with Crippen LogP contribution in [0.25, 0.3) is 21.8 Å². The minimum atomic E-state index is -1.55. The molecule has 2 aromatic carbocycles. The molecule has 0 bridgehead atoms. The Morgan fingerprint density at radius 2 is 1.79 bits per heavy atom. The van der Waals surface area contributed by atoms with Gasteiger partial charge in [0.2, 0.25) is 5.76 Å². The molecule has 0 spiro atoms. The normalized spacial score (nSPS) is 11.8. The van der Waals surface area contributed by atoms with Crippen LogP contribution in [0.15, 0.2) is 54.3 Å². The summed E-state index contributed by atoms with van der Waals surface area (Å²) in [5.41, 5.74) is 2.70. The van der Waals surface area contributed by atoms with Crippen LogP contribution in [0, 0.1) is 0 Å². The lowest BCUT2D eigenvalue weighted by molar-refractivity contribution is -0.135. The van der Waals surface area contributed by atoms with E-state index in [1.54, 1.807) is 6.07 Å². The number of rotatable bonds is 4. The quantitative estimate of drug-likeness (QED) is 0.507. The smallest absolute Gasteiger partial charge is 0.371 e. The van der Waals surface area contributed by atoms with Crippen LogP contribution in [-0.4, -0.2) is 26.7 Å². The van der Waals surface area contributed by atoms with E-state index in [-0.39, 0.29) is 0 Å². The van der Waals surface area contributed by atoms with Gasteiger partial charge in [-0.3, -0.25) is 4.79 Å². The highest BCUT2D eigenvalue weighted by molar-refractivity contribution is 6.10. The predicted octanol–water partition coefficient (Wildman–Crippen LogP) is 3.28. The van der Waals surface area contributed by atoms with Crippen molar-refractivity contribution in [2.45, 2.75) is 13.5 Å². The summed E-state index contributed by atoms with van der Waals surface area (Å²) in [5.74, 6) is -3.25. The van der Waals surface area contributed by atoms with E-state index in [2.05, 4.69) is 16.8 Å². The van der Waals surface area contributed by atoms with Crippen molar-refractivity contribution in [1.82, 2.24) is 4.57 Å². The van der Waals surface area contributed by atoms with E-state index in [0.717, 1.165) is 28.4 Å².